The standard InChI is InChI=1S/C15H19AsN6/c1-16(2)11-5-7-12(8-6-11)19-15-13(9-17)14(20-21-15)18-10-22(3)4/h5-8,10H,1-4H3,(H2,19,20,21). The summed E-state index contributed by atoms with van der Waals surface area (Å²) in [5.74, 6) is 0.939. The number of hydrogen-bond acceptors (Lipinski definition) is 4. The zero-order chi connectivity index (χ0) is 16.1. The van der Waals surface area contributed by atoms with E-state index < -0.39 is 14.7 Å². The average molecular weight is 358 g/mol. The second-order valence-corrected chi connectivity index (χ2v) is 10.0. The van der Waals surface area contributed by atoms with Gasteiger partial charge in [-0.2, -0.15) is 0 Å². The molecule has 1 aromatic carbocycles. The molecule has 6 nitrogen and oxygen atoms in total. The minimum absolute atomic E-state index is 0.404. The van der Waals surface area contributed by atoms with Crippen LogP contribution in [0, 0.1) is 11.3 Å². The molecule has 0 bridgehead atoms. The molecule has 0 atom stereocenters. The predicted molar refractivity (Wildman–Crippen MR) is 92.0 cm³/mol. The average Bonchev–Trinajstić information content (AvgIpc) is 2.87. The van der Waals surface area contributed by atoms with E-state index in [1.807, 2.05) is 26.2 Å². The molecule has 0 spiro atoms. The summed E-state index contributed by atoms with van der Waals surface area (Å²) in [7, 11) is 3.73. The predicted octanol–water partition coefficient (Wildman–Crippen LogP) is 2.21. The number of nitriles is 1. The van der Waals surface area contributed by atoms with Crippen LogP contribution in [0.15, 0.2) is 29.3 Å². The molecule has 0 fully saturated rings. The number of H-pyrrole nitrogens is 1. The maximum atomic E-state index is 9.32. The van der Waals surface area contributed by atoms with E-state index in [-0.39, 0.29) is 0 Å². The molecule has 114 valence electrons. The molecule has 0 aliphatic heterocycles. The summed E-state index contributed by atoms with van der Waals surface area (Å²) in [5.41, 5.74) is 5.91. The third kappa shape index (κ3) is 3.90. The zero-order valence-electron chi connectivity index (χ0n) is 13.1. The van der Waals surface area contributed by atoms with Crippen LogP contribution in [0.3, 0.4) is 0 Å². The van der Waals surface area contributed by atoms with E-state index in [1.165, 1.54) is 4.35 Å². The minimum atomic E-state index is -0.855. The van der Waals surface area contributed by atoms with Gasteiger partial charge in [-0.3, -0.25) is 0 Å². The Morgan fingerprint density at radius 3 is 2.55 bits per heavy atom. The van der Waals surface area contributed by atoms with Crippen molar-refractivity contribution in [2.45, 2.75) is 11.4 Å². The molecule has 0 aliphatic rings. The summed E-state index contributed by atoms with van der Waals surface area (Å²) < 4.78 is 1.41. The molecule has 2 aromatic rings. The Kier molecular flexibility index (Phi) is 5.24. The molecule has 0 saturated heterocycles. The molecule has 0 saturated carbocycles. The number of benzene rings is 1. The van der Waals surface area contributed by atoms with Crippen molar-refractivity contribution >= 4 is 42.7 Å². The summed E-state index contributed by atoms with van der Waals surface area (Å²) in [4.78, 5) is 6.00. The second-order valence-electron chi connectivity index (χ2n) is 5.18. The first-order valence-electron chi connectivity index (χ1n) is 6.74. The Morgan fingerprint density at radius 1 is 1.32 bits per heavy atom. The van der Waals surface area contributed by atoms with Gasteiger partial charge in [0.1, 0.15) is 0 Å². The van der Waals surface area contributed by atoms with E-state index in [0.29, 0.717) is 17.2 Å². The molecule has 2 N–H and O–H groups in total. The van der Waals surface area contributed by atoms with E-state index in [9.17, 15) is 5.26 Å². The van der Waals surface area contributed by atoms with Crippen molar-refractivity contribution in [3.8, 4) is 6.07 Å². The Bertz CT molecular complexity index is 694. The van der Waals surface area contributed by atoms with E-state index >= 15 is 0 Å². The molecule has 7 heteroatoms. The fourth-order valence-electron chi connectivity index (χ4n) is 1.78. The summed E-state index contributed by atoms with van der Waals surface area (Å²) in [6.07, 6.45) is 1.63. The van der Waals surface area contributed by atoms with Crippen LogP contribution in [-0.4, -0.2) is 50.2 Å². The van der Waals surface area contributed by atoms with Gasteiger partial charge >= 0.3 is 135 Å². The third-order valence-electron chi connectivity index (χ3n) is 2.92. The topological polar surface area (TPSA) is 80.1 Å². The van der Waals surface area contributed by atoms with Crippen LogP contribution in [0.1, 0.15) is 5.56 Å². The SMILES string of the molecule is CN(C)C=Nc1[nH]nc(Nc2ccc([As](C)C)cc2)c1C#N. The summed E-state index contributed by atoms with van der Waals surface area (Å²) in [6.45, 7) is 0. The molecule has 1 heterocycles. The normalized spacial score (nSPS) is 10.9. The van der Waals surface area contributed by atoms with Gasteiger partial charge in [-0.05, 0) is 0 Å². The number of anilines is 2. The molecule has 0 unspecified atom stereocenters. The van der Waals surface area contributed by atoms with Crippen molar-refractivity contribution in [3.63, 3.8) is 0 Å². The fraction of sp³-hybridized carbons (Fsp3) is 0.267. The number of nitrogens with one attached hydrogen (secondary N) is 2. The van der Waals surface area contributed by atoms with Crippen LogP contribution in [0.25, 0.3) is 0 Å². The van der Waals surface area contributed by atoms with Gasteiger partial charge in [0.2, 0.25) is 0 Å². The van der Waals surface area contributed by atoms with Crippen molar-refractivity contribution in [1.29, 1.82) is 5.26 Å². The summed E-state index contributed by atoms with van der Waals surface area (Å²) in [6, 6.07) is 10.4. The van der Waals surface area contributed by atoms with Crippen molar-refractivity contribution in [3.05, 3.63) is 29.8 Å². The molecule has 0 amide bonds. The van der Waals surface area contributed by atoms with Gasteiger partial charge in [0, 0.05) is 0 Å². The van der Waals surface area contributed by atoms with Gasteiger partial charge in [0.05, 0.1) is 0 Å². The second kappa shape index (κ2) is 7.15. The van der Waals surface area contributed by atoms with Crippen molar-refractivity contribution in [1.82, 2.24) is 15.1 Å². The van der Waals surface area contributed by atoms with E-state index in [1.54, 1.807) is 11.2 Å². The Hall–Kier alpha value is -2.25. The number of aliphatic imine (C=N–C) groups is 1. The molecular formula is C15H19AsN6. The Balaban J connectivity index is 2.21. The maximum absolute atomic E-state index is 9.32. The van der Waals surface area contributed by atoms with Crippen molar-refractivity contribution < 1.29 is 0 Å². The molecule has 1 aromatic heterocycles. The first-order valence-corrected chi connectivity index (χ1v) is 11.4. The van der Waals surface area contributed by atoms with Gasteiger partial charge < -0.3 is 0 Å². The fourth-order valence-corrected chi connectivity index (χ4v) is 3.34. The van der Waals surface area contributed by atoms with Gasteiger partial charge in [-0.15, -0.1) is 0 Å². The Morgan fingerprint density at radius 2 is 2.00 bits per heavy atom. The number of aromatic nitrogens is 2. The first-order chi connectivity index (χ1) is 10.5. The van der Waals surface area contributed by atoms with Crippen molar-refractivity contribution in [2.24, 2.45) is 4.99 Å². The third-order valence-corrected chi connectivity index (χ3v) is 5.72. The molecule has 2 rings (SSSR count). The number of nitrogens with zero attached hydrogens (tertiary/aromatic N) is 4. The van der Waals surface area contributed by atoms with Crippen LogP contribution in [-0.2, 0) is 0 Å². The molecule has 22 heavy (non-hydrogen) atoms. The van der Waals surface area contributed by atoms with Crippen molar-refractivity contribution in [2.75, 3.05) is 19.4 Å². The summed E-state index contributed by atoms with van der Waals surface area (Å²) >= 11 is -0.855. The quantitative estimate of drug-likeness (QED) is 0.488. The molecule has 0 aliphatic carbocycles. The molecular weight excluding hydrogens is 339 g/mol. The van der Waals surface area contributed by atoms with Crippen LogP contribution in [0.2, 0.25) is 11.4 Å². The van der Waals surface area contributed by atoms with Gasteiger partial charge in [-0.25, -0.2) is 0 Å². The summed E-state index contributed by atoms with van der Waals surface area (Å²) in [5, 5.41) is 19.4. The van der Waals surface area contributed by atoms with E-state index in [4.69, 9.17) is 0 Å². The number of rotatable bonds is 5. The van der Waals surface area contributed by atoms with Crippen LogP contribution in [0.4, 0.5) is 17.3 Å². The monoisotopic (exact) mass is 358 g/mol. The zero-order valence-corrected chi connectivity index (χ0v) is 15.0. The molecule has 0 radical (unpaired) electrons. The van der Waals surface area contributed by atoms with Gasteiger partial charge in [0.25, 0.3) is 0 Å². The number of hydrogen-bond donors (Lipinski definition) is 2. The van der Waals surface area contributed by atoms with Crippen LogP contribution >= 0.6 is 0 Å². The first kappa shape index (κ1) is 16.1. The van der Waals surface area contributed by atoms with E-state index in [0.717, 1.165) is 5.69 Å². The van der Waals surface area contributed by atoms with E-state index in [2.05, 4.69) is 50.1 Å². The Labute approximate surface area is 135 Å². The van der Waals surface area contributed by atoms with Gasteiger partial charge in [-0.1, -0.05) is 0 Å². The van der Waals surface area contributed by atoms with Crippen LogP contribution in [0.5, 0.6) is 0 Å². The van der Waals surface area contributed by atoms with Gasteiger partial charge in [0.15, 0.2) is 0 Å². The number of aromatic amines is 1. The van der Waals surface area contributed by atoms with Crippen LogP contribution < -0.4 is 9.67 Å².